The third kappa shape index (κ3) is 4.20. The minimum atomic E-state index is -3.69. The zero-order valence-electron chi connectivity index (χ0n) is 16.5. The van der Waals surface area contributed by atoms with E-state index in [2.05, 4.69) is 5.10 Å². The highest BCUT2D eigenvalue weighted by atomic mass is 32.2. The number of benzene rings is 1. The van der Waals surface area contributed by atoms with Gasteiger partial charge in [-0.2, -0.15) is 5.10 Å². The number of aromatic nitrogens is 2. The second-order valence-corrected chi connectivity index (χ2v) is 11.0. The number of ketones is 1. The maximum absolute atomic E-state index is 13.2. The number of hydrogen-bond donors (Lipinski definition) is 1. The Hall–Kier alpha value is -2.40. The second-order valence-electron chi connectivity index (χ2n) is 6.91. The molecule has 0 spiro atoms. The molecular weight excluding hydrogens is 406 g/mol. The Labute approximate surface area is 164 Å². The largest absolute Gasteiger partial charge is 0.493 e. The predicted octanol–water partition coefficient (Wildman–Crippen LogP) is 0.679. The fourth-order valence-electron chi connectivity index (χ4n) is 3.07. The van der Waals surface area contributed by atoms with Gasteiger partial charge in [-0.05, 0) is 19.1 Å². The summed E-state index contributed by atoms with van der Waals surface area (Å²) < 4.78 is 49.7. The van der Waals surface area contributed by atoms with Gasteiger partial charge in [-0.1, -0.05) is 0 Å². The first-order valence-corrected chi connectivity index (χ1v) is 12.1. The van der Waals surface area contributed by atoms with Crippen LogP contribution in [0.25, 0.3) is 0 Å². The van der Waals surface area contributed by atoms with Gasteiger partial charge in [0.2, 0.25) is 11.7 Å². The average Bonchev–Trinajstić information content (AvgIpc) is 2.76. The molecule has 0 aliphatic carbocycles. The summed E-state index contributed by atoms with van der Waals surface area (Å²) in [6.45, 7) is 1.54. The highest BCUT2D eigenvalue weighted by Crippen LogP contribution is 2.35. The molecule has 1 heterocycles. The molecular formula is C17H23N3O6S2. The van der Waals surface area contributed by atoms with Gasteiger partial charge in [0, 0.05) is 44.8 Å². The van der Waals surface area contributed by atoms with Crippen LogP contribution in [0.1, 0.15) is 27.2 Å². The molecule has 0 aliphatic heterocycles. The first kappa shape index (κ1) is 21.9. The molecule has 9 nitrogen and oxygen atoms in total. The molecule has 2 aromatic rings. The fraction of sp³-hybridized carbons (Fsp3) is 0.412. The second kappa shape index (κ2) is 7.21. The molecule has 0 saturated heterocycles. The number of aryl methyl sites for hydroxylation is 2. The van der Waals surface area contributed by atoms with Gasteiger partial charge >= 0.3 is 0 Å². The molecule has 1 aromatic carbocycles. The van der Waals surface area contributed by atoms with Gasteiger partial charge in [0.05, 0.1) is 22.0 Å². The van der Waals surface area contributed by atoms with E-state index >= 15 is 0 Å². The normalized spacial score (nSPS) is 12.2. The molecule has 0 aliphatic rings. The maximum atomic E-state index is 13.2. The topological polar surface area (TPSA) is 127 Å². The van der Waals surface area contributed by atoms with E-state index in [9.17, 15) is 26.7 Å². The molecule has 0 unspecified atom stereocenters. The first-order chi connectivity index (χ1) is 12.6. The quantitative estimate of drug-likeness (QED) is 0.664. The van der Waals surface area contributed by atoms with E-state index < -0.39 is 31.2 Å². The summed E-state index contributed by atoms with van der Waals surface area (Å²) >= 11 is 0. The molecule has 2 rings (SSSR count). The Kier molecular flexibility index (Phi) is 5.64. The van der Waals surface area contributed by atoms with Gasteiger partial charge in [0.1, 0.15) is 5.56 Å². The van der Waals surface area contributed by atoms with E-state index in [0.29, 0.717) is 0 Å². The van der Waals surface area contributed by atoms with Crippen molar-refractivity contribution in [2.24, 2.45) is 7.05 Å². The smallest absolute Gasteiger partial charge is 0.220 e. The van der Waals surface area contributed by atoms with Crippen LogP contribution in [-0.2, 0) is 32.5 Å². The molecule has 0 amide bonds. The summed E-state index contributed by atoms with van der Waals surface area (Å²) in [6, 6.07) is 2.55. The van der Waals surface area contributed by atoms with Crippen molar-refractivity contribution < 1.29 is 26.7 Å². The molecule has 0 saturated carbocycles. The molecule has 0 radical (unpaired) electrons. The molecule has 0 bridgehead atoms. The van der Waals surface area contributed by atoms with Crippen molar-refractivity contribution in [1.82, 2.24) is 9.78 Å². The Balaban J connectivity index is 2.91. The van der Waals surface area contributed by atoms with Crippen LogP contribution >= 0.6 is 0 Å². The van der Waals surface area contributed by atoms with Crippen molar-refractivity contribution in [2.45, 2.75) is 17.6 Å². The van der Waals surface area contributed by atoms with E-state index in [-0.39, 0.29) is 38.8 Å². The summed E-state index contributed by atoms with van der Waals surface area (Å²) in [7, 11) is -2.70. The SMILES string of the molecule is Cc1nn(C)c(O)c1C(=O)c1ccc(S(C)(=O)=O)c(N(C)C)c1CS(C)(=O)=O. The highest BCUT2D eigenvalue weighted by Gasteiger charge is 2.29. The number of carbonyl (C=O) groups is 1. The van der Waals surface area contributed by atoms with Gasteiger partial charge in [0.25, 0.3) is 0 Å². The molecule has 1 aromatic heterocycles. The number of rotatable bonds is 6. The van der Waals surface area contributed by atoms with Crippen LogP contribution in [0, 0.1) is 6.92 Å². The van der Waals surface area contributed by atoms with Crippen molar-refractivity contribution in [2.75, 3.05) is 31.5 Å². The monoisotopic (exact) mass is 429 g/mol. The van der Waals surface area contributed by atoms with E-state index in [1.807, 2.05) is 0 Å². The Bertz CT molecular complexity index is 1160. The lowest BCUT2D eigenvalue weighted by atomic mass is 9.97. The summed E-state index contributed by atoms with van der Waals surface area (Å²) in [5, 5.41) is 14.2. The number of nitrogens with zero attached hydrogens (tertiary/aromatic N) is 3. The number of sulfone groups is 2. The third-order valence-electron chi connectivity index (χ3n) is 4.16. The lowest BCUT2D eigenvalue weighted by molar-refractivity contribution is 0.103. The highest BCUT2D eigenvalue weighted by molar-refractivity contribution is 7.91. The fourth-order valence-corrected chi connectivity index (χ4v) is 4.86. The first-order valence-electron chi connectivity index (χ1n) is 8.13. The summed E-state index contributed by atoms with van der Waals surface area (Å²) in [5.41, 5.74) is 0.388. The number of anilines is 1. The van der Waals surface area contributed by atoms with Crippen LogP contribution in [0.15, 0.2) is 17.0 Å². The van der Waals surface area contributed by atoms with E-state index in [1.165, 1.54) is 24.1 Å². The molecule has 28 heavy (non-hydrogen) atoms. The Morgan fingerprint density at radius 2 is 1.75 bits per heavy atom. The van der Waals surface area contributed by atoms with Crippen molar-refractivity contribution in [1.29, 1.82) is 0 Å². The molecule has 1 N–H and O–H groups in total. The molecule has 11 heteroatoms. The molecule has 0 atom stereocenters. The number of hydrogen-bond acceptors (Lipinski definition) is 8. The van der Waals surface area contributed by atoms with Crippen LogP contribution < -0.4 is 4.90 Å². The number of aromatic hydroxyl groups is 1. The van der Waals surface area contributed by atoms with Gasteiger partial charge in [-0.3, -0.25) is 4.79 Å². The lowest BCUT2D eigenvalue weighted by Crippen LogP contribution is -2.20. The average molecular weight is 430 g/mol. The van der Waals surface area contributed by atoms with Crippen molar-refractivity contribution in [3.8, 4) is 5.88 Å². The summed E-state index contributed by atoms with van der Waals surface area (Å²) in [4.78, 5) is 14.5. The van der Waals surface area contributed by atoms with Crippen LogP contribution in [-0.4, -0.2) is 64.1 Å². The van der Waals surface area contributed by atoms with E-state index in [4.69, 9.17) is 0 Å². The van der Waals surface area contributed by atoms with Gasteiger partial charge in [-0.25, -0.2) is 21.5 Å². The van der Waals surface area contributed by atoms with Gasteiger partial charge in [-0.15, -0.1) is 0 Å². The van der Waals surface area contributed by atoms with Crippen molar-refractivity contribution in [3.05, 3.63) is 34.5 Å². The maximum Gasteiger partial charge on any atom is 0.220 e. The molecule has 0 fully saturated rings. The van der Waals surface area contributed by atoms with Crippen LogP contribution in [0.5, 0.6) is 5.88 Å². The van der Waals surface area contributed by atoms with Crippen LogP contribution in [0.2, 0.25) is 0 Å². The molecule has 154 valence electrons. The summed E-state index contributed by atoms with van der Waals surface area (Å²) in [6.07, 6.45) is 2.01. The van der Waals surface area contributed by atoms with Crippen LogP contribution in [0.4, 0.5) is 5.69 Å². The number of carbonyl (C=O) groups excluding carboxylic acids is 1. The van der Waals surface area contributed by atoms with Crippen molar-refractivity contribution >= 4 is 31.1 Å². The zero-order valence-corrected chi connectivity index (χ0v) is 18.1. The van der Waals surface area contributed by atoms with Crippen molar-refractivity contribution in [3.63, 3.8) is 0 Å². The van der Waals surface area contributed by atoms with Crippen LogP contribution in [0.3, 0.4) is 0 Å². The van der Waals surface area contributed by atoms with E-state index in [1.54, 1.807) is 21.0 Å². The van der Waals surface area contributed by atoms with Gasteiger partial charge in [0.15, 0.2) is 19.7 Å². The third-order valence-corrected chi connectivity index (χ3v) is 6.10. The minimum Gasteiger partial charge on any atom is -0.493 e. The lowest BCUT2D eigenvalue weighted by Gasteiger charge is -2.23. The summed E-state index contributed by atoms with van der Waals surface area (Å²) in [5.74, 6) is -1.53. The standard InChI is InChI=1S/C17H23N3O6S2/c1-10-14(17(22)20(4)18-10)16(21)11-7-8-13(28(6,25)26)15(19(2)3)12(11)9-27(5,23)24/h7-8,22H,9H2,1-6H3. The van der Waals surface area contributed by atoms with Gasteiger partial charge < -0.3 is 10.0 Å². The minimum absolute atomic E-state index is 0.00655. The predicted molar refractivity (Wildman–Crippen MR) is 105 cm³/mol. The Morgan fingerprint density at radius 1 is 1.18 bits per heavy atom. The Morgan fingerprint density at radius 3 is 2.14 bits per heavy atom. The zero-order chi connectivity index (χ0) is 21.6. The van der Waals surface area contributed by atoms with E-state index in [0.717, 1.165) is 17.2 Å².